The van der Waals surface area contributed by atoms with Crippen molar-refractivity contribution in [3.63, 3.8) is 0 Å². The average Bonchev–Trinajstić information content (AvgIpc) is 1.26. The molecule has 0 radical (unpaired) electrons. The molecule has 2 rings (SSSR count). The first-order valence-corrected chi connectivity index (χ1v) is 36.8. The standard InChI is InChI=1S/C76H135NO13/c1-3-5-7-9-11-13-15-17-19-21-23-25-27-29-31-32-34-36-38-40-42-44-46-48-50-52-54-56-58-60-68(81)77-64(63-87-75-73(86)71(84)74(67(62-79)89-75)90-76-72(85)70(83)69(82)66(61-78)88-76)65(80)59-57-55-53-51-49-47-45-43-41-39-37-35-33-30-28-26-24-22-20-18-16-14-12-10-8-6-4-2/h5,7,11,13,17,19,23,25,41,43,49,51,57,59,64-67,69-76,78-80,82-86H,3-4,6,8-10,12,14-16,18,20-22,24,26-40,42,44-48,50,52-56,58,60-63H2,1-2H3,(H,77,81)/b7-5-,13-11-,19-17-,25-23-,43-41+,51-49+,59-57+. The molecule has 2 heterocycles. The summed E-state index contributed by atoms with van der Waals surface area (Å²) in [7, 11) is 0. The van der Waals surface area contributed by atoms with Gasteiger partial charge in [0.1, 0.15) is 48.8 Å². The molecule has 2 aliphatic heterocycles. The Morgan fingerprint density at radius 2 is 0.778 bits per heavy atom. The molecule has 0 bridgehead atoms. The van der Waals surface area contributed by atoms with Crippen LogP contribution in [0.15, 0.2) is 85.1 Å². The minimum absolute atomic E-state index is 0.252. The van der Waals surface area contributed by atoms with Gasteiger partial charge in [-0.2, -0.15) is 0 Å². The van der Waals surface area contributed by atoms with E-state index in [-0.39, 0.29) is 18.9 Å². The van der Waals surface area contributed by atoms with E-state index in [1.54, 1.807) is 6.08 Å². The number of allylic oxidation sites excluding steroid dienone is 13. The van der Waals surface area contributed by atoms with Gasteiger partial charge >= 0.3 is 0 Å². The molecule has 14 heteroatoms. The van der Waals surface area contributed by atoms with Gasteiger partial charge in [0, 0.05) is 6.42 Å². The molecule has 2 saturated heterocycles. The maximum Gasteiger partial charge on any atom is 0.220 e. The van der Waals surface area contributed by atoms with Gasteiger partial charge in [0.25, 0.3) is 0 Å². The summed E-state index contributed by atoms with van der Waals surface area (Å²) in [5.74, 6) is -0.252. The number of amides is 1. The lowest BCUT2D eigenvalue weighted by Gasteiger charge is -2.46. The lowest BCUT2D eigenvalue weighted by molar-refractivity contribution is -0.359. The highest BCUT2D eigenvalue weighted by molar-refractivity contribution is 5.76. The quantitative estimate of drug-likeness (QED) is 0.0204. The smallest absolute Gasteiger partial charge is 0.220 e. The third kappa shape index (κ3) is 43.2. The zero-order valence-corrected chi connectivity index (χ0v) is 56.9. The molecule has 0 aromatic carbocycles. The molecule has 0 spiro atoms. The van der Waals surface area contributed by atoms with Crippen molar-refractivity contribution in [2.45, 2.75) is 370 Å². The first-order chi connectivity index (χ1) is 44.1. The Bertz CT molecular complexity index is 1830. The van der Waals surface area contributed by atoms with E-state index >= 15 is 0 Å². The van der Waals surface area contributed by atoms with Crippen LogP contribution in [0.5, 0.6) is 0 Å². The Morgan fingerprint density at radius 3 is 1.22 bits per heavy atom. The number of carbonyl (C=O) groups excluding carboxylic acids is 1. The maximum absolute atomic E-state index is 13.3. The third-order valence-electron chi connectivity index (χ3n) is 17.5. The van der Waals surface area contributed by atoms with Crippen molar-refractivity contribution in [1.82, 2.24) is 5.32 Å². The van der Waals surface area contributed by atoms with Crippen LogP contribution in [0.2, 0.25) is 0 Å². The molecule has 90 heavy (non-hydrogen) atoms. The summed E-state index contributed by atoms with van der Waals surface area (Å²) in [6, 6.07) is -0.943. The van der Waals surface area contributed by atoms with Gasteiger partial charge in [0.2, 0.25) is 5.91 Å². The fourth-order valence-corrected chi connectivity index (χ4v) is 11.7. The van der Waals surface area contributed by atoms with Gasteiger partial charge in [0.05, 0.1) is 32.0 Å². The number of hydrogen-bond acceptors (Lipinski definition) is 13. The largest absolute Gasteiger partial charge is 0.394 e. The van der Waals surface area contributed by atoms with Crippen LogP contribution in [0.3, 0.4) is 0 Å². The van der Waals surface area contributed by atoms with Crippen molar-refractivity contribution in [3.05, 3.63) is 85.1 Å². The lowest BCUT2D eigenvalue weighted by atomic mass is 9.97. The molecule has 2 fully saturated rings. The van der Waals surface area contributed by atoms with E-state index in [1.807, 2.05) is 6.08 Å². The molecule has 12 unspecified atom stereocenters. The third-order valence-corrected chi connectivity index (χ3v) is 17.5. The van der Waals surface area contributed by atoms with Gasteiger partial charge in [0.15, 0.2) is 12.6 Å². The van der Waals surface area contributed by atoms with E-state index in [9.17, 15) is 45.6 Å². The van der Waals surface area contributed by atoms with Crippen LogP contribution in [0.1, 0.15) is 296 Å². The van der Waals surface area contributed by atoms with Crippen LogP contribution in [0.25, 0.3) is 0 Å². The van der Waals surface area contributed by atoms with Gasteiger partial charge in [-0.05, 0) is 83.5 Å². The summed E-state index contributed by atoms with van der Waals surface area (Å²) in [6.07, 6.45) is 66.5. The molecule has 1 amide bonds. The van der Waals surface area contributed by atoms with Crippen molar-refractivity contribution in [2.24, 2.45) is 0 Å². The minimum atomic E-state index is -1.80. The molecule has 0 aromatic rings. The molecule has 0 aromatic heterocycles. The fraction of sp³-hybridized carbons (Fsp3) is 0.803. The lowest BCUT2D eigenvalue weighted by Crippen LogP contribution is -2.65. The summed E-state index contributed by atoms with van der Waals surface area (Å²) in [5, 5.41) is 87.5. The number of carbonyl (C=O) groups is 1. The molecule has 522 valence electrons. The Morgan fingerprint density at radius 1 is 0.411 bits per heavy atom. The van der Waals surface area contributed by atoms with Crippen molar-refractivity contribution < 1.29 is 64.6 Å². The fourth-order valence-electron chi connectivity index (χ4n) is 11.7. The van der Waals surface area contributed by atoms with Crippen molar-refractivity contribution in [2.75, 3.05) is 19.8 Å². The van der Waals surface area contributed by atoms with Crippen LogP contribution in [0, 0.1) is 0 Å². The molecule has 9 N–H and O–H groups in total. The predicted molar refractivity (Wildman–Crippen MR) is 369 cm³/mol. The van der Waals surface area contributed by atoms with Gasteiger partial charge in [-0.1, -0.05) is 292 Å². The van der Waals surface area contributed by atoms with Crippen LogP contribution in [0.4, 0.5) is 0 Å². The summed E-state index contributed by atoms with van der Waals surface area (Å²) in [4.78, 5) is 13.3. The van der Waals surface area contributed by atoms with E-state index in [1.165, 1.54) is 193 Å². The number of ether oxygens (including phenoxy) is 4. The van der Waals surface area contributed by atoms with Gasteiger partial charge < -0.3 is 65.1 Å². The van der Waals surface area contributed by atoms with Gasteiger partial charge in [-0.25, -0.2) is 0 Å². The number of hydrogen-bond donors (Lipinski definition) is 9. The van der Waals surface area contributed by atoms with Crippen LogP contribution < -0.4 is 5.32 Å². The zero-order chi connectivity index (χ0) is 65.2. The highest BCUT2D eigenvalue weighted by Crippen LogP contribution is 2.30. The summed E-state index contributed by atoms with van der Waals surface area (Å²) in [5.41, 5.74) is 0. The van der Waals surface area contributed by atoms with E-state index in [0.717, 1.165) is 70.6 Å². The van der Waals surface area contributed by atoms with Crippen LogP contribution in [-0.4, -0.2) is 140 Å². The Labute approximate surface area is 548 Å². The topological polar surface area (TPSA) is 228 Å². The maximum atomic E-state index is 13.3. The zero-order valence-electron chi connectivity index (χ0n) is 56.9. The average molecular weight is 1270 g/mol. The van der Waals surface area contributed by atoms with Crippen molar-refractivity contribution in [1.29, 1.82) is 0 Å². The second kappa shape index (κ2) is 59.9. The predicted octanol–water partition coefficient (Wildman–Crippen LogP) is 15.6. The highest BCUT2D eigenvalue weighted by Gasteiger charge is 2.51. The van der Waals surface area contributed by atoms with E-state index in [4.69, 9.17) is 18.9 Å². The van der Waals surface area contributed by atoms with Crippen LogP contribution in [-0.2, 0) is 23.7 Å². The summed E-state index contributed by atoms with van der Waals surface area (Å²) >= 11 is 0. The summed E-state index contributed by atoms with van der Waals surface area (Å²) in [6.45, 7) is 2.70. The molecule has 0 saturated carbocycles. The molecule has 0 aliphatic carbocycles. The molecular formula is C76H135NO13. The first-order valence-electron chi connectivity index (χ1n) is 36.8. The summed E-state index contributed by atoms with van der Waals surface area (Å²) < 4.78 is 22.9. The number of aliphatic hydroxyl groups is 8. The SMILES string of the molecule is CC/C=C\C/C=C\C/C=C\C/C=C\CCCCCCCCCCCCCCCCCCC(=O)NC(COC1OC(CO)C(OC2OC(CO)C(O)C(O)C2O)C(O)C1O)C(O)/C=C/CC/C=C/CC/C=C/CCCCCCCCCCCCCCCCCCC. The molecule has 14 nitrogen and oxygen atoms in total. The molecule has 12 atom stereocenters. The first kappa shape index (κ1) is 83.3. The normalized spacial score (nSPS) is 23.4. The highest BCUT2D eigenvalue weighted by atomic mass is 16.7. The minimum Gasteiger partial charge on any atom is -0.394 e. The number of aliphatic hydroxyl groups excluding tert-OH is 8. The second-order valence-electron chi connectivity index (χ2n) is 25.7. The Hall–Kier alpha value is -2.83. The van der Waals surface area contributed by atoms with E-state index in [0.29, 0.717) is 12.8 Å². The monoisotopic (exact) mass is 1270 g/mol. The van der Waals surface area contributed by atoms with E-state index < -0.39 is 86.8 Å². The van der Waals surface area contributed by atoms with Crippen molar-refractivity contribution >= 4 is 5.91 Å². The number of unbranched alkanes of at least 4 members (excludes halogenated alkanes) is 35. The van der Waals surface area contributed by atoms with Gasteiger partial charge in [-0.3, -0.25) is 4.79 Å². The van der Waals surface area contributed by atoms with Gasteiger partial charge in [-0.15, -0.1) is 0 Å². The Balaban J connectivity index is 1.68. The molecular weight excluding hydrogens is 1130 g/mol. The van der Waals surface area contributed by atoms with E-state index in [2.05, 4.69) is 92.1 Å². The van der Waals surface area contributed by atoms with Crippen molar-refractivity contribution in [3.8, 4) is 0 Å². The number of rotatable bonds is 60. The second-order valence-corrected chi connectivity index (χ2v) is 25.7. The van der Waals surface area contributed by atoms with Crippen LogP contribution >= 0.6 is 0 Å². The Kier molecular flexibility index (Phi) is 55.4. The molecule has 2 aliphatic rings. The number of nitrogens with one attached hydrogen (secondary N) is 1.